The summed E-state index contributed by atoms with van der Waals surface area (Å²) >= 11 is 0. The van der Waals surface area contributed by atoms with Gasteiger partial charge in [0.1, 0.15) is 0 Å². The topological polar surface area (TPSA) is 89.6 Å². The van der Waals surface area contributed by atoms with E-state index in [1.807, 2.05) is 66.7 Å². The number of fused-ring (bicyclic) bond motifs is 2. The van der Waals surface area contributed by atoms with Gasteiger partial charge in [0.05, 0.1) is 28.3 Å². The summed E-state index contributed by atoms with van der Waals surface area (Å²) in [5, 5.41) is 8.59. The van der Waals surface area contributed by atoms with Gasteiger partial charge in [0, 0.05) is 5.39 Å². The number of nitrogens with zero attached hydrogens (tertiary/aromatic N) is 3. The standard InChI is InChI=1S/C21H15N5O/c22-21-24-18-9-8-13(14-6-7-15-12-23-25-19(15)11-14)10-17(18)20(27)26(21)16-4-2-1-3-5-16/h1-12H,(H2,22,24)(H,23,25). The molecule has 2 heterocycles. The van der Waals surface area contributed by atoms with Gasteiger partial charge in [0.2, 0.25) is 5.95 Å². The Labute approximate surface area is 153 Å². The minimum Gasteiger partial charge on any atom is -0.369 e. The second-order valence-corrected chi connectivity index (χ2v) is 6.35. The highest BCUT2D eigenvalue weighted by Crippen LogP contribution is 2.26. The Morgan fingerprint density at radius 1 is 0.926 bits per heavy atom. The van der Waals surface area contributed by atoms with Crippen LogP contribution in [0.5, 0.6) is 0 Å². The van der Waals surface area contributed by atoms with E-state index in [0.29, 0.717) is 16.6 Å². The molecule has 0 aliphatic rings. The van der Waals surface area contributed by atoms with Gasteiger partial charge in [0.25, 0.3) is 5.56 Å². The Kier molecular flexibility index (Phi) is 3.30. The summed E-state index contributed by atoms with van der Waals surface area (Å²) in [6.07, 6.45) is 1.78. The van der Waals surface area contributed by atoms with Gasteiger partial charge in [0.15, 0.2) is 0 Å². The zero-order valence-corrected chi connectivity index (χ0v) is 14.3. The van der Waals surface area contributed by atoms with Crippen LogP contribution in [-0.2, 0) is 0 Å². The summed E-state index contributed by atoms with van der Waals surface area (Å²) in [5.74, 6) is 0.172. The Hall–Kier alpha value is -3.93. The molecule has 3 N–H and O–H groups in total. The zero-order valence-electron chi connectivity index (χ0n) is 14.3. The summed E-state index contributed by atoms with van der Waals surface area (Å²) < 4.78 is 1.43. The minimum atomic E-state index is -0.187. The van der Waals surface area contributed by atoms with Crippen LogP contribution < -0.4 is 11.3 Å². The average molecular weight is 353 g/mol. The maximum Gasteiger partial charge on any atom is 0.267 e. The van der Waals surface area contributed by atoms with Crippen LogP contribution >= 0.6 is 0 Å². The van der Waals surface area contributed by atoms with Crippen molar-refractivity contribution in [2.24, 2.45) is 0 Å². The molecule has 5 aromatic rings. The van der Waals surface area contributed by atoms with E-state index >= 15 is 0 Å². The smallest absolute Gasteiger partial charge is 0.267 e. The lowest BCUT2D eigenvalue weighted by Gasteiger charge is -2.11. The van der Waals surface area contributed by atoms with Crippen molar-refractivity contribution in [3.8, 4) is 16.8 Å². The fourth-order valence-electron chi connectivity index (χ4n) is 3.33. The lowest BCUT2D eigenvalue weighted by Crippen LogP contribution is -2.23. The highest BCUT2D eigenvalue weighted by atomic mass is 16.1. The zero-order chi connectivity index (χ0) is 18.4. The van der Waals surface area contributed by atoms with E-state index in [1.54, 1.807) is 6.20 Å². The first kappa shape index (κ1) is 15.3. The first-order chi connectivity index (χ1) is 13.2. The predicted molar refractivity (Wildman–Crippen MR) is 107 cm³/mol. The van der Waals surface area contributed by atoms with Crippen molar-refractivity contribution >= 4 is 27.8 Å². The number of H-pyrrole nitrogens is 1. The quantitative estimate of drug-likeness (QED) is 0.508. The molecule has 130 valence electrons. The Morgan fingerprint density at radius 2 is 1.70 bits per heavy atom. The van der Waals surface area contributed by atoms with E-state index < -0.39 is 0 Å². The van der Waals surface area contributed by atoms with Crippen molar-refractivity contribution in [3.05, 3.63) is 83.3 Å². The first-order valence-electron chi connectivity index (χ1n) is 8.52. The van der Waals surface area contributed by atoms with E-state index in [0.717, 1.165) is 22.0 Å². The molecule has 3 aromatic carbocycles. The van der Waals surface area contributed by atoms with E-state index in [1.165, 1.54) is 4.57 Å². The summed E-state index contributed by atoms with van der Waals surface area (Å²) in [6, 6.07) is 21.0. The number of para-hydroxylation sites is 1. The second-order valence-electron chi connectivity index (χ2n) is 6.35. The molecule has 2 aromatic heterocycles. The Balaban J connectivity index is 1.74. The van der Waals surface area contributed by atoms with E-state index in [2.05, 4.69) is 15.2 Å². The molecular weight excluding hydrogens is 338 g/mol. The van der Waals surface area contributed by atoms with Gasteiger partial charge < -0.3 is 5.73 Å². The third-order valence-electron chi connectivity index (χ3n) is 4.68. The van der Waals surface area contributed by atoms with Crippen LogP contribution in [0.4, 0.5) is 5.95 Å². The van der Waals surface area contributed by atoms with Crippen molar-refractivity contribution in [2.45, 2.75) is 0 Å². The van der Waals surface area contributed by atoms with Crippen molar-refractivity contribution in [3.63, 3.8) is 0 Å². The number of aromatic amines is 1. The average Bonchev–Trinajstić information content (AvgIpc) is 3.16. The Morgan fingerprint density at radius 3 is 2.56 bits per heavy atom. The van der Waals surface area contributed by atoms with Crippen LogP contribution in [0.3, 0.4) is 0 Å². The summed E-state index contributed by atoms with van der Waals surface area (Å²) in [4.78, 5) is 17.5. The maximum absolute atomic E-state index is 13.1. The number of hydrogen-bond acceptors (Lipinski definition) is 4. The maximum atomic E-state index is 13.1. The number of aromatic nitrogens is 4. The van der Waals surface area contributed by atoms with Crippen LogP contribution in [0.25, 0.3) is 38.6 Å². The lowest BCUT2D eigenvalue weighted by molar-refractivity contribution is 0.983. The fourth-order valence-corrected chi connectivity index (χ4v) is 3.33. The van der Waals surface area contributed by atoms with Crippen molar-refractivity contribution in [1.82, 2.24) is 19.7 Å². The predicted octanol–water partition coefficient (Wildman–Crippen LogP) is 3.51. The largest absolute Gasteiger partial charge is 0.369 e. The Bertz CT molecular complexity index is 1350. The highest BCUT2D eigenvalue weighted by molar-refractivity contribution is 5.88. The second kappa shape index (κ2) is 5.81. The van der Waals surface area contributed by atoms with Gasteiger partial charge in [-0.2, -0.15) is 5.10 Å². The molecule has 0 fully saturated rings. The molecular formula is C21H15N5O. The van der Waals surface area contributed by atoms with Crippen LogP contribution in [-0.4, -0.2) is 19.7 Å². The first-order valence-corrected chi connectivity index (χ1v) is 8.52. The molecule has 27 heavy (non-hydrogen) atoms. The van der Waals surface area contributed by atoms with E-state index in [9.17, 15) is 4.79 Å². The number of rotatable bonds is 2. The molecule has 0 spiro atoms. The van der Waals surface area contributed by atoms with Gasteiger partial charge in [-0.05, 0) is 41.5 Å². The molecule has 0 aliphatic carbocycles. The van der Waals surface area contributed by atoms with Crippen molar-refractivity contribution < 1.29 is 0 Å². The molecule has 6 nitrogen and oxygen atoms in total. The van der Waals surface area contributed by atoms with Gasteiger partial charge in [-0.3, -0.25) is 9.89 Å². The number of nitrogens with two attached hydrogens (primary N) is 1. The molecule has 5 rings (SSSR count). The SMILES string of the molecule is Nc1nc2ccc(-c3ccc4cn[nH]c4c3)cc2c(=O)n1-c1ccccc1. The molecule has 0 aliphatic heterocycles. The number of anilines is 1. The highest BCUT2D eigenvalue weighted by Gasteiger charge is 2.12. The number of nitrogen functional groups attached to an aromatic ring is 1. The fraction of sp³-hybridized carbons (Fsp3) is 0. The normalized spacial score (nSPS) is 11.3. The number of nitrogens with one attached hydrogen (secondary N) is 1. The van der Waals surface area contributed by atoms with Crippen molar-refractivity contribution in [1.29, 1.82) is 0 Å². The third kappa shape index (κ3) is 2.46. The molecule has 0 atom stereocenters. The van der Waals surface area contributed by atoms with Crippen molar-refractivity contribution in [2.75, 3.05) is 5.73 Å². The third-order valence-corrected chi connectivity index (χ3v) is 4.68. The monoisotopic (exact) mass is 353 g/mol. The van der Waals surface area contributed by atoms with Gasteiger partial charge >= 0.3 is 0 Å². The summed E-state index contributed by atoms with van der Waals surface area (Å²) in [5.41, 5.74) is 10.0. The summed E-state index contributed by atoms with van der Waals surface area (Å²) in [7, 11) is 0. The van der Waals surface area contributed by atoms with E-state index in [4.69, 9.17) is 5.73 Å². The van der Waals surface area contributed by atoms with Gasteiger partial charge in [-0.1, -0.05) is 36.4 Å². The number of benzene rings is 3. The van der Waals surface area contributed by atoms with Gasteiger partial charge in [-0.15, -0.1) is 0 Å². The van der Waals surface area contributed by atoms with Crippen LogP contribution in [0.15, 0.2) is 77.7 Å². The minimum absolute atomic E-state index is 0.172. The molecule has 0 unspecified atom stereocenters. The van der Waals surface area contributed by atoms with Gasteiger partial charge in [-0.25, -0.2) is 9.55 Å². The number of hydrogen-bond donors (Lipinski definition) is 2. The summed E-state index contributed by atoms with van der Waals surface area (Å²) in [6.45, 7) is 0. The molecule has 6 heteroatoms. The molecule has 0 amide bonds. The molecule has 0 saturated carbocycles. The lowest BCUT2D eigenvalue weighted by atomic mass is 10.0. The van der Waals surface area contributed by atoms with Crippen LogP contribution in [0, 0.1) is 0 Å². The molecule has 0 bridgehead atoms. The van der Waals surface area contributed by atoms with E-state index in [-0.39, 0.29) is 11.5 Å². The van der Waals surface area contributed by atoms with Crippen LogP contribution in [0.2, 0.25) is 0 Å². The van der Waals surface area contributed by atoms with Crippen LogP contribution in [0.1, 0.15) is 0 Å². The molecule has 0 saturated heterocycles. The molecule has 0 radical (unpaired) electrons.